The van der Waals surface area contributed by atoms with Crippen molar-refractivity contribution >= 4 is 5.78 Å². The fourth-order valence-electron chi connectivity index (χ4n) is 7.77. The van der Waals surface area contributed by atoms with Gasteiger partial charge in [-0.05, 0) is 68.6 Å². The molecule has 0 spiro atoms. The average Bonchev–Trinajstić information content (AvgIpc) is 3.28. The zero-order valence-corrected chi connectivity index (χ0v) is 15.5. The lowest BCUT2D eigenvalue weighted by atomic mass is 9.46. The second-order valence-electron chi connectivity index (χ2n) is 9.85. The van der Waals surface area contributed by atoms with E-state index in [2.05, 4.69) is 19.9 Å². The van der Waals surface area contributed by atoms with Crippen LogP contribution in [0.2, 0.25) is 0 Å². The van der Waals surface area contributed by atoms with Crippen LogP contribution in [0.5, 0.6) is 0 Å². The van der Waals surface area contributed by atoms with E-state index in [9.17, 15) is 15.0 Å². The molecule has 0 aromatic carbocycles. The van der Waals surface area contributed by atoms with Crippen LogP contribution >= 0.6 is 0 Å². The molecular weight excluding hydrogens is 316 g/mol. The summed E-state index contributed by atoms with van der Waals surface area (Å²) in [6.45, 7) is 6.20. The summed E-state index contributed by atoms with van der Waals surface area (Å²) in [6, 6.07) is 0. The van der Waals surface area contributed by atoms with E-state index in [1.54, 1.807) is 6.92 Å². The van der Waals surface area contributed by atoms with Gasteiger partial charge in [-0.2, -0.15) is 0 Å². The maximum absolute atomic E-state index is 12.4. The van der Waals surface area contributed by atoms with Gasteiger partial charge in [0.2, 0.25) is 0 Å². The Labute approximate surface area is 149 Å². The molecule has 1 heterocycles. The highest BCUT2D eigenvalue weighted by Gasteiger charge is 2.83. The Morgan fingerprint density at radius 1 is 1.24 bits per heavy atom. The van der Waals surface area contributed by atoms with E-state index in [1.165, 1.54) is 5.57 Å². The minimum Gasteiger partial charge on any atom is -0.393 e. The molecule has 0 radical (unpaired) electrons. The Hall–Kier alpha value is -0.710. The zero-order valence-electron chi connectivity index (χ0n) is 15.5. The van der Waals surface area contributed by atoms with Crippen LogP contribution in [0.1, 0.15) is 59.3 Å². The topological polar surface area (TPSA) is 70.1 Å². The number of ketones is 1. The molecule has 4 heteroatoms. The summed E-state index contributed by atoms with van der Waals surface area (Å²) in [4.78, 5) is 12.4. The van der Waals surface area contributed by atoms with E-state index in [0.717, 1.165) is 38.5 Å². The molecule has 138 valence electrons. The van der Waals surface area contributed by atoms with Gasteiger partial charge in [0.25, 0.3) is 0 Å². The summed E-state index contributed by atoms with van der Waals surface area (Å²) >= 11 is 0. The number of hydrogen-bond donors (Lipinski definition) is 2. The summed E-state index contributed by atoms with van der Waals surface area (Å²) in [5.74, 6) is 1.22. The molecule has 0 unspecified atom stereocenters. The van der Waals surface area contributed by atoms with Gasteiger partial charge in [-0.25, -0.2) is 0 Å². The first-order valence-electron chi connectivity index (χ1n) is 10.0. The van der Waals surface area contributed by atoms with Gasteiger partial charge in [0.1, 0.15) is 6.10 Å². The van der Waals surface area contributed by atoms with Crippen molar-refractivity contribution in [3.63, 3.8) is 0 Å². The Bertz CT molecular complexity index is 671. The Balaban J connectivity index is 1.54. The number of aliphatic hydroxyl groups is 2. The van der Waals surface area contributed by atoms with Gasteiger partial charge in [0.05, 0.1) is 12.2 Å². The average molecular weight is 346 g/mol. The summed E-state index contributed by atoms with van der Waals surface area (Å²) in [6.07, 6.45) is 7.12. The van der Waals surface area contributed by atoms with Gasteiger partial charge in [0, 0.05) is 5.41 Å². The predicted octanol–water partition coefficient (Wildman–Crippen LogP) is 2.62. The molecule has 0 aromatic rings. The van der Waals surface area contributed by atoms with E-state index in [-0.39, 0.29) is 34.7 Å². The summed E-state index contributed by atoms with van der Waals surface area (Å²) in [5, 5.41) is 21.1. The third kappa shape index (κ3) is 1.72. The monoisotopic (exact) mass is 346 g/mol. The molecule has 3 saturated carbocycles. The van der Waals surface area contributed by atoms with Crippen molar-refractivity contribution in [1.82, 2.24) is 0 Å². The number of allylic oxidation sites excluding steroid dienone is 1. The van der Waals surface area contributed by atoms with Gasteiger partial charge in [0.15, 0.2) is 11.4 Å². The number of aliphatic hydroxyl groups excluding tert-OH is 2. The standard InChI is InChI=1S/C21H30O4/c1-11(22)21-18(25-21)17(24)16-14-5-4-12-10-13(23)6-8-19(12,2)15(14)7-9-20(16,21)3/h4,13-18,23-24H,5-10H2,1-3H3/t13-,14+,15-,16+,17-,18+,19-,20-,21+/m0/s1. The number of epoxide rings is 1. The van der Waals surface area contributed by atoms with Gasteiger partial charge in [-0.15, -0.1) is 0 Å². The molecule has 0 bridgehead atoms. The first-order valence-corrected chi connectivity index (χ1v) is 10.0. The number of rotatable bonds is 1. The van der Waals surface area contributed by atoms with Gasteiger partial charge < -0.3 is 14.9 Å². The smallest absolute Gasteiger partial charge is 0.164 e. The van der Waals surface area contributed by atoms with Crippen LogP contribution in [0.4, 0.5) is 0 Å². The third-order valence-electron chi connectivity index (χ3n) is 9.04. The lowest BCUT2D eigenvalue weighted by molar-refractivity contribution is -0.144. The van der Waals surface area contributed by atoms with Gasteiger partial charge in [-0.1, -0.05) is 25.5 Å². The Kier molecular flexibility index (Phi) is 3.14. The molecule has 0 amide bonds. The predicted molar refractivity (Wildman–Crippen MR) is 92.8 cm³/mol. The van der Waals surface area contributed by atoms with E-state index < -0.39 is 11.7 Å². The zero-order chi connectivity index (χ0) is 17.8. The maximum atomic E-state index is 12.4. The van der Waals surface area contributed by atoms with Gasteiger partial charge in [-0.3, -0.25) is 4.79 Å². The fourth-order valence-corrected chi connectivity index (χ4v) is 7.77. The normalized spacial score (nSPS) is 59.2. The first-order chi connectivity index (χ1) is 11.8. The minimum atomic E-state index is -0.726. The molecule has 1 saturated heterocycles. The molecule has 2 N–H and O–H groups in total. The van der Waals surface area contributed by atoms with Crippen molar-refractivity contribution in [2.24, 2.45) is 28.6 Å². The molecule has 9 atom stereocenters. The maximum Gasteiger partial charge on any atom is 0.164 e. The SMILES string of the molecule is CC(=O)[C@@]12O[C@@H]1[C@@H](O)[C@H]1[C@@H]3CC=C4C[C@@H](O)CC[C@]4(C)[C@H]3CC[C@@]12C. The summed E-state index contributed by atoms with van der Waals surface area (Å²) in [7, 11) is 0. The van der Waals surface area contributed by atoms with E-state index >= 15 is 0 Å². The second-order valence-corrected chi connectivity index (χ2v) is 9.85. The molecule has 1 aliphatic heterocycles. The number of carbonyl (C=O) groups is 1. The summed E-state index contributed by atoms with van der Waals surface area (Å²) in [5.41, 5.74) is 0.627. The molecule has 4 nitrogen and oxygen atoms in total. The number of carbonyl (C=O) groups excluding carboxylic acids is 1. The Morgan fingerprint density at radius 3 is 2.72 bits per heavy atom. The molecule has 25 heavy (non-hydrogen) atoms. The van der Waals surface area contributed by atoms with Crippen molar-refractivity contribution in [3.8, 4) is 0 Å². The second kappa shape index (κ2) is 4.76. The quantitative estimate of drug-likeness (QED) is 0.566. The van der Waals surface area contributed by atoms with Crippen molar-refractivity contribution in [2.75, 3.05) is 0 Å². The van der Waals surface area contributed by atoms with E-state index in [1.807, 2.05) is 0 Å². The highest BCUT2D eigenvalue weighted by Crippen LogP contribution is 2.73. The van der Waals surface area contributed by atoms with Crippen LogP contribution in [-0.2, 0) is 9.53 Å². The highest BCUT2D eigenvalue weighted by molar-refractivity contribution is 5.90. The minimum absolute atomic E-state index is 0.0963. The molecule has 4 fully saturated rings. The molecule has 4 aliphatic carbocycles. The van der Waals surface area contributed by atoms with Crippen molar-refractivity contribution in [2.45, 2.75) is 83.2 Å². The van der Waals surface area contributed by atoms with Gasteiger partial charge >= 0.3 is 0 Å². The largest absolute Gasteiger partial charge is 0.393 e. The summed E-state index contributed by atoms with van der Waals surface area (Å²) < 4.78 is 5.86. The Morgan fingerprint density at radius 2 is 2.00 bits per heavy atom. The molecule has 0 aromatic heterocycles. The van der Waals surface area contributed by atoms with Crippen molar-refractivity contribution in [1.29, 1.82) is 0 Å². The lowest BCUT2D eigenvalue weighted by Gasteiger charge is -2.58. The van der Waals surface area contributed by atoms with E-state index in [0.29, 0.717) is 11.8 Å². The van der Waals surface area contributed by atoms with E-state index in [4.69, 9.17) is 4.74 Å². The van der Waals surface area contributed by atoms with Crippen LogP contribution in [0.15, 0.2) is 11.6 Å². The van der Waals surface area contributed by atoms with Crippen LogP contribution in [-0.4, -0.2) is 39.9 Å². The highest BCUT2D eigenvalue weighted by atomic mass is 16.6. The molecule has 5 aliphatic rings. The van der Waals surface area contributed by atoms with Crippen molar-refractivity contribution in [3.05, 3.63) is 11.6 Å². The number of ether oxygens (including phenoxy) is 1. The van der Waals surface area contributed by atoms with Crippen LogP contribution in [0, 0.1) is 28.6 Å². The van der Waals surface area contributed by atoms with Crippen molar-refractivity contribution < 1.29 is 19.7 Å². The van der Waals surface area contributed by atoms with Crippen LogP contribution < -0.4 is 0 Å². The fraction of sp³-hybridized carbons (Fsp3) is 0.857. The van der Waals surface area contributed by atoms with Crippen LogP contribution in [0.3, 0.4) is 0 Å². The number of fused-ring (bicyclic) bond motifs is 7. The number of hydrogen-bond acceptors (Lipinski definition) is 4. The van der Waals surface area contributed by atoms with Crippen LogP contribution in [0.25, 0.3) is 0 Å². The lowest BCUT2D eigenvalue weighted by Crippen LogP contribution is -2.55. The molecule has 5 rings (SSSR count). The first kappa shape index (κ1) is 16.5. The third-order valence-corrected chi connectivity index (χ3v) is 9.04. The molecular formula is C21H30O4. The number of Topliss-reactive ketones (excluding diaryl/α,β-unsaturated/α-hetero) is 1.